The van der Waals surface area contributed by atoms with E-state index in [2.05, 4.69) is 0 Å². The largest absolute Gasteiger partial charge is 0.458 e. The van der Waals surface area contributed by atoms with Crippen LogP contribution in [0.3, 0.4) is 0 Å². The van der Waals surface area contributed by atoms with Crippen LogP contribution in [0.1, 0.15) is 11.1 Å². The Morgan fingerprint density at radius 3 is 2.75 bits per heavy atom. The molecule has 0 amide bonds. The van der Waals surface area contributed by atoms with Crippen molar-refractivity contribution in [2.45, 2.75) is 6.61 Å². The van der Waals surface area contributed by atoms with Gasteiger partial charge in [-0.05, 0) is 40.6 Å². The molecule has 0 aliphatic heterocycles. The lowest BCUT2D eigenvalue weighted by Crippen LogP contribution is -2.06. The molecule has 5 heteroatoms. The fraction of sp³-hybridized carbons (Fsp3) is 0.0435. The monoisotopic (exact) mass is 374 g/mol. The molecule has 3 aromatic carbocycles. The van der Waals surface area contributed by atoms with Gasteiger partial charge >= 0.3 is 11.6 Å². The van der Waals surface area contributed by atoms with Crippen molar-refractivity contribution in [2.75, 3.05) is 0 Å². The molecule has 0 unspecified atom stereocenters. The molecule has 0 saturated heterocycles. The van der Waals surface area contributed by atoms with Crippen LogP contribution in [0.25, 0.3) is 27.8 Å². The first-order valence-electron chi connectivity index (χ1n) is 8.65. The summed E-state index contributed by atoms with van der Waals surface area (Å²) in [6, 6.07) is 18.5. The molecule has 0 atom stereocenters. The minimum atomic E-state index is -0.592. The zero-order valence-corrected chi connectivity index (χ0v) is 14.7. The number of carbonyl (C=O) groups excluding carboxylic acids is 1. The third-order valence-corrected chi connectivity index (χ3v) is 4.35. The van der Waals surface area contributed by atoms with Crippen LogP contribution in [0.4, 0.5) is 4.39 Å². The van der Waals surface area contributed by atoms with Crippen molar-refractivity contribution in [3.63, 3.8) is 0 Å². The Labute approximate surface area is 159 Å². The van der Waals surface area contributed by atoms with Gasteiger partial charge in [-0.3, -0.25) is 0 Å². The summed E-state index contributed by atoms with van der Waals surface area (Å²) in [6.45, 7) is -0.0809. The second-order valence-corrected chi connectivity index (χ2v) is 6.25. The molecule has 0 N–H and O–H groups in total. The van der Waals surface area contributed by atoms with Crippen LogP contribution in [0.2, 0.25) is 0 Å². The van der Waals surface area contributed by atoms with E-state index in [1.165, 1.54) is 30.4 Å². The molecule has 1 heterocycles. The number of halogens is 1. The van der Waals surface area contributed by atoms with Gasteiger partial charge < -0.3 is 9.15 Å². The van der Waals surface area contributed by atoms with E-state index in [9.17, 15) is 14.0 Å². The highest BCUT2D eigenvalue weighted by molar-refractivity contribution is 6.07. The molecule has 1 aromatic heterocycles. The van der Waals surface area contributed by atoms with E-state index >= 15 is 0 Å². The highest BCUT2D eigenvalue weighted by Crippen LogP contribution is 2.27. The van der Waals surface area contributed by atoms with Crippen molar-refractivity contribution in [3.05, 3.63) is 100 Å². The number of hydrogen-bond acceptors (Lipinski definition) is 4. The summed E-state index contributed by atoms with van der Waals surface area (Å²) >= 11 is 0. The Kier molecular flexibility index (Phi) is 4.72. The van der Waals surface area contributed by atoms with Gasteiger partial charge in [0.2, 0.25) is 0 Å². The fourth-order valence-electron chi connectivity index (χ4n) is 3.11. The van der Waals surface area contributed by atoms with Gasteiger partial charge in [-0.25, -0.2) is 14.0 Å². The van der Waals surface area contributed by atoms with Gasteiger partial charge in [-0.15, -0.1) is 0 Å². The summed E-state index contributed by atoms with van der Waals surface area (Å²) in [5.74, 6) is -0.976. The number of esters is 1. The number of hydrogen-bond donors (Lipinski definition) is 0. The minimum Gasteiger partial charge on any atom is -0.458 e. The summed E-state index contributed by atoms with van der Waals surface area (Å²) in [6.07, 6.45) is 2.69. The van der Waals surface area contributed by atoms with E-state index in [0.717, 1.165) is 16.2 Å². The molecule has 0 aliphatic rings. The van der Waals surface area contributed by atoms with Gasteiger partial charge in [0.15, 0.2) is 0 Å². The number of ether oxygens (including phenoxy) is 1. The van der Waals surface area contributed by atoms with E-state index in [0.29, 0.717) is 16.7 Å². The second kappa shape index (κ2) is 7.48. The van der Waals surface area contributed by atoms with Gasteiger partial charge in [0, 0.05) is 23.1 Å². The molecule has 4 nitrogen and oxygen atoms in total. The standard InChI is InChI=1S/C23H15FO4/c24-18-6-3-4-15(12-18)8-11-21(25)27-14-17-13-22(26)28-20-10-9-16-5-1-2-7-19(16)23(17)20/h1-13H,14H2. The van der Waals surface area contributed by atoms with Crippen molar-refractivity contribution in [2.24, 2.45) is 0 Å². The molecule has 0 radical (unpaired) electrons. The Morgan fingerprint density at radius 1 is 1.04 bits per heavy atom. The summed E-state index contributed by atoms with van der Waals surface area (Å²) in [4.78, 5) is 23.9. The SMILES string of the molecule is O=C(C=Cc1cccc(F)c1)OCc1cc(=O)oc2ccc3ccccc3c12. The topological polar surface area (TPSA) is 56.5 Å². The minimum absolute atomic E-state index is 0.0809. The lowest BCUT2D eigenvalue weighted by Gasteiger charge is -2.08. The van der Waals surface area contributed by atoms with E-state index in [-0.39, 0.29) is 12.4 Å². The molecular formula is C23H15FO4. The molecule has 138 valence electrons. The highest BCUT2D eigenvalue weighted by atomic mass is 19.1. The zero-order chi connectivity index (χ0) is 19.5. The predicted octanol–water partition coefficient (Wildman–Crippen LogP) is 4.84. The maximum atomic E-state index is 13.2. The van der Waals surface area contributed by atoms with Crippen LogP contribution in [-0.2, 0) is 16.1 Å². The van der Waals surface area contributed by atoms with Crippen molar-refractivity contribution in [1.82, 2.24) is 0 Å². The zero-order valence-electron chi connectivity index (χ0n) is 14.7. The van der Waals surface area contributed by atoms with Crippen molar-refractivity contribution in [1.29, 1.82) is 0 Å². The Bertz CT molecular complexity index is 1270. The van der Waals surface area contributed by atoms with Crippen LogP contribution in [0.5, 0.6) is 0 Å². The van der Waals surface area contributed by atoms with Crippen molar-refractivity contribution in [3.8, 4) is 0 Å². The van der Waals surface area contributed by atoms with Gasteiger partial charge in [0.05, 0.1) is 0 Å². The smallest absolute Gasteiger partial charge is 0.336 e. The molecule has 4 rings (SSSR count). The average Bonchev–Trinajstić information content (AvgIpc) is 2.70. The van der Waals surface area contributed by atoms with Gasteiger partial charge in [0.1, 0.15) is 18.0 Å². The molecule has 0 spiro atoms. The van der Waals surface area contributed by atoms with E-state index in [4.69, 9.17) is 9.15 Å². The van der Waals surface area contributed by atoms with Crippen LogP contribution >= 0.6 is 0 Å². The predicted molar refractivity (Wildman–Crippen MR) is 105 cm³/mol. The lowest BCUT2D eigenvalue weighted by atomic mass is 10.0. The van der Waals surface area contributed by atoms with Crippen LogP contribution in [-0.4, -0.2) is 5.97 Å². The first-order chi connectivity index (χ1) is 13.6. The number of benzene rings is 3. The second-order valence-electron chi connectivity index (χ2n) is 6.25. The maximum absolute atomic E-state index is 13.2. The Balaban J connectivity index is 1.62. The lowest BCUT2D eigenvalue weighted by molar-refractivity contribution is -0.138. The number of fused-ring (bicyclic) bond motifs is 3. The van der Waals surface area contributed by atoms with E-state index < -0.39 is 11.6 Å². The quantitative estimate of drug-likeness (QED) is 0.222. The van der Waals surface area contributed by atoms with Crippen LogP contribution < -0.4 is 5.63 Å². The van der Waals surface area contributed by atoms with Crippen LogP contribution in [0, 0.1) is 5.82 Å². The normalized spacial score (nSPS) is 11.3. The summed E-state index contributed by atoms with van der Waals surface area (Å²) in [5.41, 5.74) is 1.04. The summed E-state index contributed by atoms with van der Waals surface area (Å²) in [7, 11) is 0. The Morgan fingerprint density at radius 2 is 1.89 bits per heavy atom. The molecule has 28 heavy (non-hydrogen) atoms. The first kappa shape index (κ1) is 17.7. The number of rotatable bonds is 4. The molecule has 0 bridgehead atoms. The third-order valence-electron chi connectivity index (χ3n) is 4.35. The molecule has 0 saturated carbocycles. The number of carbonyl (C=O) groups is 1. The highest BCUT2D eigenvalue weighted by Gasteiger charge is 2.11. The molecule has 4 aromatic rings. The maximum Gasteiger partial charge on any atom is 0.336 e. The van der Waals surface area contributed by atoms with E-state index in [1.54, 1.807) is 18.2 Å². The van der Waals surface area contributed by atoms with E-state index in [1.807, 2.05) is 30.3 Å². The third kappa shape index (κ3) is 3.69. The van der Waals surface area contributed by atoms with Crippen LogP contribution in [0.15, 0.2) is 82.0 Å². The van der Waals surface area contributed by atoms with Gasteiger partial charge in [-0.1, -0.05) is 42.5 Å². The Hall–Kier alpha value is -3.73. The molecule has 0 fully saturated rings. The molecular weight excluding hydrogens is 359 g/mol. The molecule has 0 aliphatic carbocycles. The summed E-state index contributed by atoms with van der Waals surface area (Å²) in [5, 5.41) is 2.63. The fourth-order valence-corrected chi connectivity index (χ4v) is 3.11. The average molecular weight is 374 g/mol. The van der Waals surface area contributed by atoms with Crippen molar-refractivity contribution >= 4 is 33.8 Å². The van der Waals surface area contributed by atoms with Crippen molar-refractivity contribution < 1.29 is 18.3 Å². The van der Waals surface area contributed by atoms with Gasteiger partial charge in [0.25, 0.3) is 0 Å². The summed E-state index contributed by atoms with van der Waals surface area (Å²) < 4.78 is 23.8. The van der Waals surface area contributed by atoms with Gasteiger partial charge in [-0.2, -0.15) is 0 Å². The first-order valence-corrected chi connectivity index (χ1v) is 8.65.